The SMILES string of the molecule is CC1CC(C)NC(C(=O)NCCNC(N)=O)C1. The first-order valence-electron chi connectivity index (χ1n) is 6.06. The van der Waals surface area contributed by atoms with Crippen molar-refractivity contribution in [2.75, 3.05) is 13.1 Å². The molecule has 6 heteroatoms. The summed E-state index contributed by atoms with van der Waals surface area (Å²) in [7, 11) is 0. The van der Waals surface area contributed by atoms with Gasteiger partial charge in [0.2, 0.25) is 5.91 Å². The number of carbonyl (C=O) groups excluding carboxylic acids is 2. The minimum absolute atomic E-state index is 0.00493. The van der Waals surface area contributed by atoms with E-state index in [1.807, 2.05) is 0 Å². The van der Waals surface area contributed by atoms with E-state index in [9.17, 15) is 9.59 Å². The van der Waals surface area contributed by atoms with Crippen LogP contribution in [0.25, 0.3) is 0 Å². The minimum Gasteiger partial charge on any atom is -0.353 e. The number of primary amides is 1. The number of nitrogens with two attached hydrogens (primary N) is 1. The van der Waals surface area contributed by atoms with E-state index in [2.05, 4.69) is 29.8 Å². The average Bonchev–Trinajstić information content (AvgIpc) is 2.22. The third-order valence-corrected chi connectivity index (χ3v) is 2.92. The van der Waals surface area contributed by atoms with Gasteiger partial charge in [0.05, 0.1) is 6.04 Å². The van der Waals surface area contributed by atoms with E-state index in [0.717, 1.165) is 12.8 Å². The van der Waals surface area contributed by atoms with Crippen LogP contribution in [-0.2, 0) is 4.79 Å². The van der Waals surface area contributed by atoms with Gasteiger partial charge in [0, 0.05) is 19.1 Å². The van der Waals surface area contributed by atoms with E-state index in [4.69, 9.17) is 5.73 Å². The molecule has 17 heavy (non-hydrogen) atoms. The van der Waals surface area contributed by atoms with Crippen LogP contribution in [0.3, 0.4) is 0 Å². The van der Waals surface area contributed by atoms with Crippen molar-refractivity contribution < 1.29 is 9.59 Å². The van der Waals surface area contributed by atoms with Crippen molar-refractivity contribution in [3.63, 3.8) is 0 Å². The summed E-state index contributed by atoms with van der Waals surface area (Å²) in [6.07, 6.45) is 1.96. The van der Waals surface area contributed by atoms with Gasteiger partial charge in [0.1, 0.15) is 0 Å². The second-order valence-electron chi connectivity index (χ2n) is 4.78. The Bertz CT molecular complexity index is 273. The predicted octanol–water partition coefficient (Wildman–Crippen LogP) is -0.452. The number of urea groups is 1. The fourth-order valence-electron chi connectivity index (χ4n) is 2.26. The van der Waals surface area contributed by atoms with Gasteiger partial charge in [-0.1, -0.05) is 6.92 Å². The Kier molecular flexibility index (Phi) is 5.21. The summed E-state index contributed by atoms with van der Waals surface area (Å²) in [4.78, 5) is 22.2. The van der Waals surface area contributed by atoms with E-state index in [-0.39, 0.29) is 11.9 Å². The van der Waals surface area contributed by atoms with Gasteiger partial charge >= 0.3 is 6.03 Å². The molecule has 1 saturated heterocycles. The lowest BCUT2D eigenvalue weighted by Crippen LogP contribution is -2.52. The van der Waals surface area contributed by atoms with Crippen LogP contribution in [0.4, 0.5) is 4.79 Å². The number of hydrogen-bond acceptors (Lipinski definition) is 3. The van der Waals surface area contributed by atoms with E-state index >= 15 is 0 Å². The number of nitrogens with one attached hydrogen (secondary N) is 3. The molecule has 1 fully saturated rings. The molecule has 6 nitrogen and oxygen atoms in total. The van der Waals surface area contributed by atoms with Gasteiger partial charge in [-0.05, 0) is 25.7 Å². The molecular weight excluding hydrogens is 220 g/mol. The first kappa shape index (κ1) is 13.8. The Morgan fingerprint density at radius 2 is 1.88 bits per heavy atom. The lowest BCUT2D eigenvalue weighted by molar-refractivity contribution is -0.124. The molecule has 0 aliphatic carbocycles. The number of rotatable bonds is 4. The third-order valence-electron chi connectivity index (χ3n) is 2.92. The maximum absolute atomic E-state index is 11.8. The number of carbonyl (C=O) groups is 2. The van der Waals surface area contributed by atoms with Crippen molar-refractivity contribution in [3.05, 3.63) is 0 Å². The largest absolute Gasteiger partial charge is 0.353 e. The standard InChI is InChI=1S/C11H22N4O2/c1-7-5-8(2)15-9(6-7)10(16)13-3-4-14-11(12)17/h7-9,15H,3-6H2,1-2H3,(H,13,16)(H3,12,14,17). The zero-order chi connectivity index (χ0) is 12.8. The van der Waals surface area contributed by atoms with Crippen LogP contribution in [0, 0.1) is 5.92 Å². The first-order valence-corrected chi connectivity index (χ1v) is 6.06. The third kappa shape index (κ3) is 5.04. The molecule has 0 saturated carbocycles. The second kappa shape index (κ2) is 6.44. The van der Waals surface area contributed by atoms with E-state index in [1.165, 1.54) is 0 Å². The topological polar surface area (TPSA) is 96.2 Å². The van der Waals surface area contributed by atoms with E-state index < -0.39 is 6.03 Å². The molecule has 1 aliphatic rings. The highest BCUT2D eigenvalue weighted by molar-refractivity contribution is 5.82. The van der Waals surface area contributed by atoms with E-state index in [0.29, 0.717) is 25.0 Å². The normalized spacial score (nSPS) is 28.5. The Balaban J connectivity index is 2.24. The van der Waals surface area contributed by atoms with Gasteiger partial charge in [-0.2, -0.15) is 0 Å². The highest BCUT2D eigenvalue weighted by Crippen LogP contribution is 2.19. The number of hydrogen-bond donors (Lipinski definition) is 4. The van der Waals surface area contributed by atoms with Gasteiger partial charge in [-0.15, -0.1) is 0 Å². The fraction of sp³-hybridized carbons (Fsp3) is 0.818. The van der Waals surface area contributed by atoms with Crippen LogP contribution in [0.2, 0.25) is 0 Å². The first-order chi connectivity index (χ1) is 7.99. The lowest BCUT2D eigenvalue weighted by Gasteiger charge is -2.32. The summed E-state index contributed by atoms with van der Waals surface area (Å²) in [5.41, 5.74) is 4.91. The van der Waals surface area contributed by atoms with Gasteiger partial charge in [0.25, 0.3) is 0 Å². The summed E-state index contributed by atoms with van der Waals surface area (Å²) in [5.74, 6) is 0.556. The van der Waals surface area contributed by atoms with Crippen LogP contribution in [0.5, 0.6) is 0 Å². The second-order valence-corrected chi connectivity index (χ2v) is 4.78. The molecule has 0 radical (unpaired) electrons. The summed E-state index contributed by atoms with van der Waals surface area (Å²) in [6.45, 7) is 5.01. The van der Waals surface area contributed by atoms with Gasteiger partial charge in [-0.25, -0.2) is 4.79 Å². The molecule has 1 rings (SSSR count). The van der Waals surface area contributed by atoms with Crippen molar-refractivity contribution >= 4 is 11.9 Å². The molecular formula is C11H22N4O2. The zero-order valence-corrected chi connectivity index (χ0v) is 10.5. The molecule has 0 aromatic rings. The Morgan fingerprint density at radius 1 is 1.24 bits per heavy atom. The van der Waals surface area contributed by atoms with Crippen molar-refractivity contribution in [2.24, 2.45) is 11.7 Å². The molecule has 5 N–H and O–H groups in total. The summed E-state index contributed by atoms with van der Waals surface area (Å²) in [6, 6.07) is -0.321. The summed E-state index contributed by atoms with van der Waals surface area (Å²) >= 11 is 0. The highest BCUT2D eigenvalue weighted by Gasteiger charge is 2.27. The molecule has 0 aromatic heterocycles. The summed E-state index contributed by atoms with van der Waals surface area (Å²) in [5, 5.41) is 8.47. The molecule has 0 aromatic carbocycles. The maximum Gasteiger partial charge on any atom is 0.312 e. The Morgan fingerprint density at radius 3 is 2.47 bits per heavy atom. The molecule has 98 valence electrons. The predicted molar refractivity (Wildman–Crippen MR) is 65.4 cm³/mol. The van der Waals surface area contributed by atoms with Crippen LogP contribution < -0.4 is 21.7 Å². The molecule has 1 aliphatic heterocycles. The molecule has 3 atom stereocenters. The Labute approximate surface area is 102 Å². The van der Waals surface area contributed by atoms with Gasteiger partial charge in [-0.3, -0.25) is 4.79 Å². The summed E-state index contributed by atoms with van der Waals surface area (Å²) < 4.78 is 0. The number of amides is 3. The van der Waals surface area contributed by atoms with E-state index in [1.54, 1.807) is 0 Å². The van der Waals surface area contributed by atoms with Gasteiger partial charge < -0.3 is 21.7 Å². The van der Waals surface area contributed by atoms with Crippen LogP contribution in [-0.4, -0.2) is 37.1 Å². The highest BCUT2D eigenvalue weighted by atomic mass is 16.2. The molecule has 3 amide bonds. The molecule has 3 unspecified atom stereocenters. The fourth-order valence-corrected chi connectivity index (χ4v) is 2.26. The van der Waals surface area contributed by atoms with Crippen LogP contribution >= 0.6 is 0 Å². The Hall–Kier alpha value is -1.30. The molecule has 0 bridgehead atoms. The monoisotopic (exact) mass is 242 g/mol. The molecule has 1 heterocycles. The zero-order valence-electron chi connectivity index (χ0n) is 10.5. The van der Waals surface area contributed by atoms with Gasteiger partial charge in [0.15, 0.2) is 0 Å². The molecule has 0 spiro atoms. The average molecular weight is 242 g/mol. The minimum atomic E-state index is -0.572. The van der Waals surface area contributed by atoms with Crippen LogP contribution in [0.15, 0.2) is 0 Å². The van der Waals surface area contributed by atoms with Crippen LogP contribution in [0.1, 0.15) is 26.7 Å². The smallest absolute Gasteiger partial charge is 0.312 e. The maximum atomic E-state index is 11.8. The number of piperidine rings is 1. The quantitative estimate of drug-likeness (QED) is 0.503. The van der Waals surface area contributed by atoms with Crippen molar-refractivity contribution in [3.8, 4) is 0 Å². The van der Waals surface area contributed by atoms with Crippen molar-refractivity contribution in [2.45, 2.75) is 38.8 Å². The van der Waals surface area contributed by atoms with Crippen molar-refractivity contribution in [1.82, 2.24) is 16.0 Å². The van der Waals surface area contributed by atoms with Crippen molar-refractivity contribution in [1.29, 1.82) is 0 Å². The lowest BCUT2D eigenvalue weighted by atomic mass is 9.89.